The van der Waals surface area contributed by atoms with Crippen LogP contribution in [0.15, 0.2) is 53.7 Å². The average Bonchev–Trinajstić information content (AvgIpc) is 3.62. The summed E-state index contributed by atoms with van der Waals surface area (Å²) in [6.45, 7) is 3.93. The fraction of sp³-hybridized carbons (Fsp3) is 0.154. The highest BCUT2D eigenvalue weighted by Crippen LogP contribution is 2.34. The number of imidazole rings is 1. The lowest BCUT2D eigenvalue weighted by atomic mass is 10.1. The van der Waals surface area contributed by atoms with Crippen molar-refractivity contribution >= 4 is 45.1 Å². The van der Waals surface area contributed by atoms with Crippen LogP contribution in [0.5, 0.6) is 0 Å². The Labute approximate surface area is 214 Å². The maximum atomic E-state index is 16.0. The minimum absolute atomic E-state index is 0.125. The summed E-state index contributed by atoms with van der Waals surface area (Å²) in [6, 6.07) is 5.61. The molecule has 6 heterocycles. The molecule has 0 atom stereocenters. The predicted molar refractivity (Wildman–Crippen MR) is 141 cm³/mol. The molecule has 9 nitrogen and oxygen atoms in total. The highest BCUT2D eigenvalue weighted by Gasteiger charge is 2.21. The standard InChI is InChI=1S/C26H21FN8OS/c1-13(2)7-19(36)31-16-8-15(9-28-10-16)18-11-30-24-20(21(18)27)23(34-35-24)26-32-22-17(14-4-6-37-12-14)3-5-29-25(22)33-26/h3-6,8-13H,7H2,1-2H3,(H,31,36)(H,29,32,33)(H,30,34,35). The third kappa shape index (κ3) is 4.23. The quantitative estimate of drug-likeness (QED) is 0.259. The molecule has 11 heteroatoms. The zero-order chi connectivity index (χ0) is 25.5. The van der Waals surface area contributed by atoms with E-state index in [2.05, 4.69) is 40.4 Å². The van der Waals surface area contributed by atoms with E-state index in [1.807, 2.05) is 36.7 Å². The summed E-state index contributed by atoms with van der Waals surface area (Å²) in [6.07, 6.45) is 6.55. The Morgan fingerprint density at radius 3 is 2.81 bits per heavy atom. The average molecular weight is 513 g/mol. The van der Waals surface area contributed by atoms with Crippen molar-refractivity contribution in [2.75, 3.05) is 5.32 Å². The summed E-state index contributed by atoms with van der Waals surface area (Å²) in [7, 11) is 0. The van der Waals surface area contributed by atoms with Crippen LogP contribution in [-0.2, 0) is 4.79 Å². The molecule has 0 saturated heterocycles. The Balaban J connectivity index is 1.42. The lowest BCUT2D eigenvalue weighted by molar-refractivity contribution is -0.116. The van der Waals surface area contributed by atoms with Gasteiger partial charge in [-0.1, -0.05) is 13.8 Å². The minimum Gasteiger partial charge on any atom is -0.335 e. The first kappa shape index (κ1) is 22.9. The van der Waals surface area contributed by atoms with E-state index in [0.717, 1.165) is 16.6 Å². The molecule has 6 aromatic heterocycles. The van der Waals surface area contributed by atoms with Crippen LogP contribution in [0.25, 0.3) is 56.0 Å². The molecule has 0 bridgehead atoms. The maximum Gasteiger partial charge on any atom is 0.224 e. The Morgan fingerprint density at radius 1 is 1.11 bits per heavy atom. The second-order valence-electron chi connectivity index (χ2n) is 9.05. The SMILES string of the molecule is CC(C)CC(=O)Nc1cncc(-c2cnc3n[nH]c(-c4nc5nccc(-c6ccsc6)c5[nH]4)c3c2F)c1. The van der Waals surface area contributed by atoms with Gasteiger partial charge in [-0.2, -0.15) is 16.4 Å². The van der Waals surface area contributed by atoms with Gasteiger partial charge >= 0.3 is 0 Å². The number of rotatable bonds is 6. The molecule has 0 aromatic carbocycles. The first-order chi connectivity index (χ1) is 18.0. The van der Waals surface area contributed by atoms with Crippen molar-refractivity contribution in [2.45, 2.75) is 20.3 Å². The van der Waals surface area contributed by atoms with Gasteiger partial charge in [-0.3, -0.25) is 14.9 Å². The molecule has 0 saturated carbocycles. The molecule has 0 unspecified atom stereocenters. The van der Waals surface area contributed by atoms with E-state index >= 15 is 4.39 Å². The second kappa shape index (κ2) is 9.17. The van der Waals surface area contributed by atoms with Gasteiger partial charge in [0.15, 0.2) is 17.1 Å². The normalized spacial score (nSPS) is 11.6. The molecule has 6 aromatic rings. The molecular weight excluding hydrogens is 491 g/mol. The smallest absolute Gasteiger partial charge is 0.224 e. The zero-order valence-corrected chi connectivity index (χ0v) is 20.7. The van der Waals surface area contributed by atoms with Gasteiger partial charge < -0.3 is 10.3 Å². The Bertz CT molecular complexity index is 1760. The summed E-state index contributed by atoms with van der Waals surface area (Å²) >= 11 is 1.60. The number of pyridine rings is 3. The fourth-order valence-electron chi connectivity index (χ4n) is 4.25. The summed E-state index contributed by atoms with van der Waals surface area (Å²) in [5.41, 5.74) is 5.04. The monoisotopic (exact) mass is 512 g/mol. The van der Waals surface area contributed by atoms with Crippen molar-refractivity contribution in [2.24, 2.45) is 5.92 Å². The van der Waals surface area contributed by atoms with Crippen LogP contribution in [-0.4, -0.2) is 41.0 Å². The van der Waals surface area contributed by atoms with Crippen molar-refractivity contribution in [1.29, 1.82) is 0 Å². The molecule has 0 aliphatic heterocycles. The summed E-state index contributed by atoms with van der Waals surface area (Å²) in [5.74, 6) is -0.0269. The van der Waals surface area contributed by atoms with Crippen molar-refractivity contribution < 1.29 is 9.18 Å². The molecule has 1 amide bonds. The molecule has 184 valence electrons. The third-order valence-electron chi connectivity index (χ3n) is 5.91. The number of amides is 1. The maximum absolute atomic E-state index is 16.0. The topological polar surface area (TPSA) is 125 Å². The van der Waals surface area contributed by atoms with Crippen LogP contribution in [0.1, 0.15) is 20.3 Å². The molecular formula is C26H21FN8OS. The van der Waals surface area contributed by atoms with Gasteiger partial charge in [-0.05, 0) is 40.4 Å². The molecule has 0 spiro atoms. The van der Waals surface area contributed by atoms with E-state index in [0.29, 0.717) is 34.8 Å². The molecule has 0 aliphatic carbocycles. The van der Waals surface area contributed by atoms with Gasteiger partial charge in [0.2, 0.25) is 5.91 Å². The number of fused-ring (bicyclic) bond motifs is 2. The molecule has 37 heavy (non-hydrogen) atoms. The highest BCUT2D eigenvalue weighted by molar-refractivity contribution is 7.08. The van der Waals surface area contributed by atoms with Gasteiger partial charge in [-0.25, -0.2) is 19.3 Å². The number of carbonyl (C=O) groups is 1. The predicted octanol–water partition coefficient (Wildman–Crippen LogP) is 5.81. The number of nitrogens with zero attached hydrogens (tertiary/aromatic N) is 5. The first-order valence-corrected chi connectivity index (χ1v) is 12.6. The van der Waals surface area contributed by atoms with Gasteiger partial charge in [-0.15, -0.1) is 0 Å². The Kier molecular flexibility index (Phi) is 5.68. The number of aromatic nitrogens is 7. The molecule has 0 radical (unpaired) electrons. The zero-order valence-electron chi connectivity index (χ0n) is 19.9. The van der Waals surface area contributed by atoms with Crippen LogP contribution in [0.3, 0.4) is 0 Å². The van der Waals surface area contributed by atoms with Crippen LogP contribution in [0.4, 0.5) is 10.1 Å². The van der Waals surface area contributed by atoms with Crippen molar-refractivity contribution in [3.63, 3.8) is 0 Å². The van der Waals surface area contributed by atoms with Crippen molar-refractivity contribution in [3.05, 3.63) is 59.6 Å². The number of hydrogen-bond acceptors (Lipinski definition) is 7. The number of aromatic amines is 2. The van der Waals surface area contributed by atoms with E-state index in [4.69, 9.17) is 0 Å². The van der Waals surface area contributed by atoms with Crippen LogP contribution in [0.2, 0.25) is 0 Å². The van der Waals surface area contributed by atoms with Gasteiger partial charge in [0.25, 0.3) is 0 Å². The van der Waals surface area contributed by atoms with Gasteiger partial charge in [0.05, 0.1) is 22.8 Å². The molecule has 6 rings (SSSR count). The minimum atomic E-state index is -0.521. The number of halogens is 1. The van der Waals surface area contributed by atoms with Crippen molar-refractivity contribution in [1.82, 2.24) is 35.1 Å². The van der Waals surface area contributed by atoms with E-state index in [1.165, 1.54) is 18.6 Å². The molecule has 3 N–H and O–H groups in total. The fourth-order valence-corrected chi connectivity index (χ4v) is 4.91. The third-order valence-corrected chi connectivity index (χ3v) is 6.59. The van der Waals surface area contributed by atoms with Gasteiger partial charge in [0.1, 0.15) is 11.5 Å². The number of H-pyrrole nitrogens is 2. The van der Waals surface area contributed by atoms with E-state index in [9.17, 15) is 4.79 Å². The first-order valence-electron chi connectivity index (χ1n) is 11.6. The lowest BCUT2D eigenvalue weighted by Crippen LogP contribution is -2.14. The molecule has 0 aliphatic rings. The van der Waals surface area contributed by atoms with E-state index in [-0.39, 0.29) is 28.4 Å². The van der Waals surface area contributed by atoms with Crippen LogP contribution in [0, 0.1) is 11.7 Å². The van der Waals surface area contributed by atoms with E-state index in [1.54, 1.807) is 23.6 Å². The van der Waals surface area contributed by atoms with E-state index < -0.39 is 5.82 Å². The second-order valence-corrected chi connectivity index (χ2v) is 9.83. The number of anilines is 1. The summed E-state index contributed by atoms with van der Waals surface area (Å²) in [4.78, 5) is 33.0. The highest BCUT2D eigenvalue weighted by atomic mass is 32.1. The lowest BCUT2D eigenvalue weighted by Gasteiger charge is -2.09. The van der Waals surface area contributed by atoms with Gasteiger partial charge in [0, 0.05) is 41.7 Å². The van der Waals surface area contributed by atoms with Crippen LogP contribution < -0.4 is 5.32 Å². The largest absolute Gasteiger partial charge is 0.335 e. The number of thiophene rings is 1. The number of nitrogens with one attached hydrogen (secondary N) is 3. The number of carbonyl (C=O) groups excluding carboxylic acids is 1. The van der Waals surface area contributed by atoms with Crippen LogP contribution >= 0.6 is 11.3 Å². The number of hydrogen-bond donors (Lipinski definition) is 3. The Morgan fingerprint density at radius 2 is 2.00 bits per heavy atom. The Hall–Kier alpha value is -4.51. The van der Waals surface area contributed by atoms with Crippen molar-refractivity contribution in [3.8, 4) is 33.8 Å². The molecule has 0 fully saturated rings. The summed E-state index contributed by atoms with van der Waals surface area (Å²) < 4.78 is 16.0. The summed E-state index contributed by atoms with van der Waals surface area (Å²) in [5, 5.41) is 14.1.